The average Bonchev–Trinajstić information content (AvgIpc) is 2.21. The number of aliphatic carboxylic acids is 1. The van der Waals surface area contributed by atoms with Crippen molar-refractivity contribution in [1.82, 2.24) is 5.32 Å². The van der Waals surface area contributed by atoms with Crippen LogP contribution in [0.5, 0.6) is 0 Å². The highest BCUT2D eigenvalue weighted by Gasteiger charge is 2.12. The number of nitrogens with two attached hydrogens (primary N) is 1. The number of rotatable bonds is 8. The topological polar surface area (TPSA) is 116 Å². The minimum Gasteiger partial charge on any atom is -0.480 e. The normalized spacial score (nSPS) is 10.3. The summed E-state index contributed by atoms with van der Waals surface area (Å²) in [5, 5.41) is 17.5. The van der Waals surface area contributed by atoms with E-state index in [0.29, 0.717) is 0 Å². The molecule has 0 aromatic carbocycles. The molecule has 0 radical (unpaired) electrons. The van der Waals surface area contributed by atoms with Crippen molar-refractivity contribution < 1.29 is 19.1 Å². The second-order valence-corrected chi connectivity index (χ2v) is 3.20. The third kappa shape index (κ3) is 11.5. The molecule has 1 atom stereocenters. The molecule has 0 heterocycles. The zero-order chi connectivity index (χ0) is 12.6. The maximum Gasteiger partial charge on any atom is 0.320 e. The number of carbonyl (C=O) groups excluding carboxylic acids is 1. The molecule has 0 saturated heterocycles. The van der Waals surface area contributed by atoms with Gasteiger partial charge in [0.25, 0.3) is 0 Å². The molecule has 0 aliphatic rings. The summed E-state index contributed by atoms with van der Waals surface area (Å²) in [6, 6.07) is -1.03. The van der Waals surface area contributed by atoms with Crippen LogP contribution < -0.4 is 11.1 Å². The number of nitrogens with one attached hydrogen (secondary N) is 2. The van der Waals surface area contributed by atoms with E-state index in [1.807, 2.05) is 0 Å². The van der Waals surface area contributed by atoms with Crippen LogP contribution in [0.4, 0.5) is 4.39 Å². The van der Waals surface area contributed by atoms with Crippen LogP contribution in [0.2, 0.25) is 0 Å². The number of halogens is 3. The Morgan fingerprint density at radius 2 is 2.00 bits per heavy atom. The molecule has 0 rings (SSSR count). The van der Waals surface area contributed by atoms with Crippen LogP contribution in [-0.4, -0.2) is 42.1 Å². The fourth-order valence-corrected chi connectivity index (χ4v) is 0.952. The van der Waals surface area contributed by atoms with Gasteiger partial charge in [-0.1, -0.05) is 0 Å². The van der Waals surface area contributed by atoms with Crippen molar-refractivity contribution in [1.29, 1.82) is 5.41 Å². The van der Waals surface area contributed by atoms with E-state index in [2.05, 4.69) is 5.32 Å². The van der Waals surface area contributed by atoms with Crippen LogP contribution >= 0.6 is 24.8 Å². The van der Waals surface area contributed by atoms with Gasteiger partial charge >= 0.3 is 5.97 Å². The van der Waals surface area contributed by atoms with Crippen LogP contribution in [0.15, 0.2) is 5.57 Å². The molecule has 1 unspecified atom stereocenters. The summed E-state index contributed by atoms with van der Waals surface area (Å²) in [7, 11) is 0. The van der Waals surface area contributed by atoms with Crippen molar-refractivity contribution in [3.63, 3.8) is 0 Å². The van der Waals surface area contributed by atoms with Gasteiger partial charge in [-0.05, 0) is 12.8 Å². The Hall–Kier alpha value is -0.980. The summed E-state index contributed by atoms with van der Waals surface area (Å²) in [5.74, 6) is -0.537. The minimum atomic E-state index is -1.14. The van der Waals surface area contributed by atoms with Gasteiger partial charge in [0.2, 0.25) is 0 Å². The second kappa shape index (κ2) is 12.5. The van der Waals surface area contributed by atoms with Gasteiger partial charge in [0.1, 0.15) is 12.0 Å². The van der Waals surface area contributed by atoms with Crippen molar-refractivity contribution in [2.75, 3.05) is 13.1 Å². The third-order valence-corrected chi connectivity index (χ3v) is 1.84. The molecule has 0 amide bonds. The maximum absolute atomic E-state index is 12.0. The van der Waals surface area contributed by atoms with E-state index < -0.39 is 18.0 Å². The summed E-state index contributed by atoms with van der Waals surface area (Å²) >= 11 is 0. The summed E-state index contributed by atoms with van der Waals surface area (Å²) in [5.41, 5.74) is 5.52. The molecule has 18 heavy (non-hydrogen) atoms. The van der Waals surface area contributed by atoms with E-state index in [0.717, 1.165) is 0 Å². The van der Waals surface area contributed by atoms with Crippen LogP contribution in [0.25, 0.3) is 0 Å². The fraction of sp³-hybridized carbons (Fsp3) is 0.556. The Morgan fingerprint density at radius 1 is 1.44 bits per heavy atom. The van der Waals surface area contributed by atoms with Crippen LogP contribution in [0.3, 0.4) is 0 Å². The molecule has 0 aliphatic carbocycles. The van der Waals surface area contributed by atoms with Crippen LogP contribution in [-0.2, 0) is 9.59 Å². The lowest BCUT2D eigenvalue weighted by atomic mass is 10.1. The van der Waals surface area contributed by atoms with Crippen molar-refractivity contribution in [2.24, 2.45) is 5.73 Å². The van der Waals surface area contributed by atoms with Gasteiger partial charge in [0.15, 0.2) is 5.97 Å². The van der Waals surface area contributed by atoms with Crippen LogP contribution in [0.1, 0.15) is 12.8 Å². The highest BCUT2D eigenvalue weighted by atomic mass is 35.5. The molecular weight excluding hydrogens is 288 g/mol. The number of carbonyl (C=O) groups is 1. The van der Waals surface area contributed by atoms with Gasteiger partial charge in [-0.15, -0.1) is 24.8 Å². The molecule has 5 N–H and O–H groups in total. The number of carboxylic acids is 1. The molecule has 0 aromatic rings. The monoisotopic (exact) mass is 303 g/mol. The van der Waals surface area contributed by atoms with Crippen LogP contribution in [0, 0.1) is 5.41 Å². The average molecular weight is 304 g/mol. The first-order valence-electron chi connectivity index (χ1n) is 4.62. The zero-order valence-electron chi connectivity index (χ0n) is 9.44. The Labute approximate surface area is 116 Å². The van der Waals surface area contributed by atoms with Gasteiger partial charge in [0.05, 0.1) is 6.54 Å². The first-order chi connectivity index (χ1) is 7.47. The van der Waals surface area contributed by atoms with Crippen molar-refractivity contribution in [3.05, 3.63) is 5.57 Å². The number of hydrogen-bond acceptors (Lipinski definition) is 5. The van der Waals surface area contributed by atoms with E-state index in [-0.39, 0.29) is 56.3 Å². The summed E-state index contributed by atoms with van der Waals surface area (Å²) in [4.78, 5) is 20.8. The molecule has 0 spiro atoms. The summed E-state index contributed by atoms with van der Waals surface area (Å²) in [6.45, 7) is -0.196. The van der Waals surface area contributed by atoms with E-state index >= 15 is 0 Å². The van der Waals surface area contributed by atoms with E-state index in [1.165, 1.54) is 0 Å². The highest BCUT2D eigenvalue weighted by molar-refractivity contribution is 5.85. The Balaban J connectivity index is -0.00000112. The largest absolute Gasteiger partial charge is 0.480 e. The number of hydrogen-bond donors (Lipinski definition) is 4. The van der Waals surface area contributed by atoms with Crippen molar-refractivity contribution >= 4 is 42.7 Å². The highest BCUT2D eigenvalue weighted by Crippen LogP contribution is 2.02. The molecular formula is C9H16Cl2FN3O3. The van der Waals surface area contributed by atoms with Gasteiger partial charge in [-0.3, -0.25) is 10.2 Å². The molecule has 106 valence electrons. The first kappa shape index (κ1) is 22.2. The van der Waals surface area contributed by atoms with Gasteiger partial charge < -0.3 is 16.2 Å². The Morgan fingerprint density at radius 3 is 2.39 bits per heavy atom. The lowest BCUT2D eigenvalue weighted by molar-refractivity contribution is -0.138. The van der Waals surface area contributed by atoms with Gasteiger partial charge in [0, 0.05) is 12.1 Å². The maximum atomic E-state index is 12.0. The Kier molecular flexibility index (Phi) is 15.4. The molecule has 0 aliphatic heterocycles. The first-order valence-corrected chi connectivity index (χ1v) is 4.62. The fourth-order valence-electron chi connectivity index (χ4n) is 0.952. The van der Waals surface area contributed by atoms with E-state index in [9.17, 15) is 14.0 Å². The quantitative estimate of drug-likeness (QED) is 0.380. The predicted octanol–water partition coefficient (Wildman–Crippen LogP) is 0.316. The lowest BCUT2D eigenvalue weighted by Crippen LogP contribution is -2.30. The number of carboxylic acid groups (broad SMARTS) is 1. The molecule has 0 saturated carbocycles. The molecule has 6 nitrogen and oxygen atoms in total. The molecule has 0 bridgehead atoms. The van der Waals surface area contributed by atoms with Crippen molar-refractivity contribution in [3.8, 4) is 0 Å². The van der Waals surface area contributed by atoms with E-state index in [4.69, 9.17) is 16.2 Å². The Bertz CT molecular complexity index is 322. The van der Waals surface area contributed by atoms with Gasteiger partial charge in [-0.25, -0.2) is 4.79 Å². The lowest BCUT2D eigenvalue weighted by Gasteiger charge is -2.07. The summed E-state index contributed by atoms with van der Waals surface area (Å²) < 4.78 is 12.0. The minimum absolute atomic E-state index is 0. The molecule has 0 fully saturated rings. The summed E-state index contributed by atoms with van der Waals surface area (Å²) in [6.07, 6.45) is 0.304. The smallest absolute Gasteiger partial charge is 0.320 e. The SMILES string of the molecule is Cl.Cl.N=C(F)CNCC(=C=O)CCC(N)C(=O)O. The predicted molar refractivity (Wildman–Crippen MR) is 70.3 cm³/mol. The standard InChI is InChI=1S/C9H14FN3O3.2ClH/c10-8(12)4-13-3-6(5-14)1-2-7(11)9(15)16;;/h7,12-13H,1-4,11H2,(H,15,16);2*1H. The van der Waals surface area contributed by atoms with E-state index in [1.54, 1.807) is 5.94 Å². The third-order valence-electron chi connectivity index (χ3n) is 1.84. The molecule has 9 heteroatoms. The zero-order valence-corrected chi connectivity index (χ0v) is 11.1. The van der Waals surface area contributed by atoms with Crippen molar-refractivity contribution in [2.45, 2.75) is 18.9 Å². The molecule has 0 aromatic heterocycles. The second-order valence-electron chi connectivity index (χ2n) is 3.20. The van der Waals surface area contributed by atoms with Gasteiger partial charge in [-0.2, -0.15) is 4.39 Å².